The van der Waals surface area contributed by atoms with Gasteiger partial charge in [0.25, 0.3) is 0 Å². The molecule has 94 valence electrons. The van der Waals surface area contributed by atoms with Gasteiger partial charge in [0.1, 0.15) is 11.5 Å². The molecule has 0 aromatic heterocycles. The molecule has 0 saturated heterocycles. The number of hydrogen-bond acceptors (Lipinski definition) is 3. The zero-order valence-corrected chi connectivity index (χ0v) is 10.7. The summed E-state index contributed by atoms with van der Waals surface area (Å²) in [6.45, 7) is 2.37. The summed E-state index contributed by atoms with van der Waals surface area (Å²) >= 11 is 5.84. The Labute approximate surface area is 111 Å². The monoisotopic (exact) mass is 263 g/mol. The van der Waals surface area contributed by atoms with Crippen molar-refractivity contribution in [1.82, 2.24) is 0 Å². The summed E-state index contributed by atoms with van der Waals surface area (Å²) < 4.78 is 0. The number of benzene rings is 2. The zero-order chi connectivity index (χ0) is 13.1. The van der Waals surface area contributed by atoms with E-state index in [-0.39, 0.29) is 11.5 Å². The predicted molar refractivity (Wildman–Crippen MR) is 73.3 cm³/mol. The van der Waals surface area contributed by atoms with Crippen molar-refractivity contribution in [3.8, 4) is 11.5 Å². The van der Waals surface area contributed by atoms with Gasteiger partial charge in [0.05, 0.1) is 5.02 Å². The van der Waals surface area contributed by atoms with Gasteiger partial charge in [-0.3, -0.25) is 0 Å². The van der Waals surface area contributed by atoms with Gasteiger partial charge in [0, 0.05) is 17.8 Å². The van der Waals surface area contributed by atoms with E-state index < -0.39 is 0 Å². The fourth-order valence-corrected chi connectivity index (χ4v) is 1.93. The molecule has 3 N–H and O–H groups in total. The van der Waals surface area contributed by atoms with Crippen LogP contribution in [0.1, 0.15) is 11.1 Å². The molecule has 0 aliphatic rings. The molecule has 0 aliphatic heterocycles. The molecule has 4 heteroatoms. The van der Waals surface area contributed by atoms with Crippen molar-refractivity contribution in [3.63, 3.8) is 0 Å². The van der Waals surface area contributed by atoms with Gasteiger partial charge in [-0.1, -0.05) is 23.7 Å². The number of hydrogen-bond donors (Lipinski definition) is 3. The molecule has 0 spiro atoms. The summed E-state index contributed by atoms with van der Waals surface area (Å²) in [5, 5.41) is 22.6. The van der Waals surface area contributed by atoms with E-state index in [2.05, 4.69) is 5.32 Å². The number of halogens is 1. The van der Waals surface area contributed by atoms with Crippen LogP contribution in [0.5, 0.6) is 11.5 Å². The molecule has 0 heterocycles. The zero-order valence-electron chi connectivity index (χ0n) is 9.94. The van der Waals surface area contributed by atoms with Crippen LogP contribution in [0.2, 0.25) is 5.02 Å². The molecular formula is C14H14ClNO2. The van der Waals surface area contributed by atoms with Crippen molar-refractivity contribution in [3.05, 3.63) is 52.5 Å². The Morgan fingerprint density at radius 2 is 1.94 bits per heavy atom. The summed E-state index contributed by atoms with van der Waals surface area (Å²) in [6.07, 6.45) is 0. The number of aryl methyl sites for hydroxylation is 1. The van der Waals surface area contributed by atoms with Crippen molar-refractivity contribution < 1.29 is 10.2 Å². The molecule has 0 atom stereocenters. The van der Waals surface area contributed by atoms with E-state index in [0.29, 0.717) is 11.6 Å². The van der Waals surface area contributed by atoms with E-state index in [9.17, 15) is 10.2 Å². The second kappa shape index (κ2) is 5.19. The fourth-order valence-electron chi connectivity index (χ4n) is 1.74. The molecule has 0 amide bonds. The first-order chi connectivity index (χ1) is 8.58. The summed E-state index contributed by atoms with van der Waals surface area (Å²) in [6, 6.07) is 10.3. The molecule has 2 aromatic rings. The quantitative estimate of drug-likeness (QED) is 0.741. The van der Waals surface area contributed by atoms with Gasteiger partial charge >= 0.3 is 0 Å². The maximum atomic E-state index is 9.78. The van der Waals surface area contributed by atoms with Gasteiger partial charge in [-0.15, -0.1) is 0 Å². The molecular weight excluding hydrogens is 250 g/mol. The number of rotatable bonds is 3. The largest absolute Gasteiger partial charge is 0.508 e. The third kappa shape index (κ3) is 2.68. The molecule has 0 saturated carbocycles. The lowest BCUT2D eigenvalue weighted by Gasteiger charge is -2.11. The molecule has 18 heavy (non-hydrogen) atoms. The molecule has 0 unspecified atom stereocenters. The summed E-state index contributed by atoms with van der Waals surface area (Å²) in [5.74, 6) is 0.340. The number of phenols is 2. The highest BCUT2D eigenvalue weighted by molar-refractivity contribution is 6.32. The van der Waals surface area contributed by atoms with Crippen LogP contribution in [-0.4, -0.2) is 10.2 Å². The number of anilines is 1. The van der Waals surface area contributed by atoms with Crippen molar-refractivity contribution in [2.24, 2.45) is 0 Å². The maximum Gasteiger partial charge on any atom is 0.139 e. The van der Waals surface area contributed by atoms with E-state index in [1.165, 1.54) is 0 Å². The van der Waals surface area contributed by atoms with Gasteiger partial charge in [-0.05, 0) is 36.8 Å². The highest BCUT2D eigenvalue weighted by Crippen LogP contribution is 2.28. The molecule has 0 bridgehead atoms. The van der Waals surface area contributed by atoms with Crippen LogP contribution in [0.25, 0.3) is 0 Å². The Balaban J connectivity index is 2.14. The summed E-state index contributed by atoms with van der Waals surface area (Å²) in [4.78, 5) is 0. The minimum absolute atomic E-state index is 0.100. The van der Waals surface area contributed by atoms with E-state index in [1.807, 2.05) is 13.0 Å². The van der Waals surface area contributed by atoms with Gasteiger partial charge in [0.15, 0.2) is 0 Å². The predicted octanol–water partition coefficient (Wildman–Crippen LogP) is 3.67. The normalized spacial score (nSPS) is 10.3. The Bertz CT molecular complexity index is 570. The van der Waals surface area contributed by atoms with Crippen molar-refractivity contribution in [1.29, 1.82) is 0 Å². The van der Waals surface area contributed by atoms with Crippen molar-refractivity contribution in [2.75, 3.05) is 5.32 Å². The highest BCUT2D eigenvalue weighted by atomic mass is 35.5. The van der Waals surface area contributed by atoms with Crippen molar-refractivity contribution >= 4 is 17.3 Å². The van der Waals surface area contributed by atoms with Crippen LogP contribution in [-0.2, 0) is 6.54 Å². The van der Waals surface area contributed by atoms with Gasteiger partial charge in [-0.25, -0.2) is 0 Å². The standard InChI is InChI=1S/C14H14ClNO2/c1-9-7-11(17)5-6-13(9)16-8-10-3-2-4-12(15)14(10)18/h2-7,16-18H,8H2,1H3. The van der Waals surface area contributed by atoms with Gasteiger partial charge in [0.2, 0.25) is 0 Å². The second-order valence-corrected chi connectivity index (χ2v) is 4.51. The average Bonchev–Trinajstić information content (AvgIpc) is 2.33. The Morgan fingerprint density at radius 1 is 1.17 bits per heavy atom. The lowest BCUT2D eigenvalue weighted by atomic mass is 10.1. The highest BCUT2D eigenvalue weighted by Gasteiger charge is 2.05. The molecule has 3 nitrogen and oxygen atoms in total. The molecule has 0 aliphatic carbocycles. The van der Waals surface area contributed by atoms with Crippen LogP contribution in [0.4, 0.5) is 5.69 Å². The topological polar surface area (TPSA) is 52.5 Å². The first kappa shape index (κ1) is 12.6. The van der Waals surface area contributed by atoms with Gasteiger partial charge in [-0.2, -0.15) is 0 Å². The minimum Gasteiger partial charge on any atom is -0.508 e. The first-order valence-electron chi connectivity index (χ1n) is 5.58. The smallest absolute Gasteiger partial charge is 0.139 e. The van der Waals surface area contributed by atoms with E-state index in [1.54, 1.807) is 30.3 Å². The third-order valence-electron chi connectivity index (χ3n) is 2.75. The maximum absolute atomic E-state index is 9.78. The third-order valence-corrected chi connectivity index (χ3v) is 3.05. The molecule has 0 radical (unpaired) electrons. The summed E-state index contributed by atoms with van der Waals surface area (Å²) in [7, 11) is 0. The number of para-hydroxylation sites is 1. The van der Waals surface area contributed by atoms with Crippen LogP contribution < -0.4 is 5.32 Å². The average molecular weight is 264 g/mol. The van der Waals surface area contributed by atoms with E-state index in [4.69, 9.17) is 11.6 Å². The lowest BCUT2D eigenvalue weighted by Crippen LogP contribution is -2.01. The van der Waals surface area contributed by atoms with Crippen LogP contribution in [0.15, 0.2) is 36.4 Å². The van der Waals surface area contributed by atoms with Gasteiger partial charge < -0.3 is 15.5 Å². The molecule has 2 aromatic carbocycles. The lowest BCUT2D eigenvalue weighted by molar-refractivity contribution is 0.469. The number of nitrogens with one attached hydrogen (secondary N) is 1. The van der Waals surface area contributed by atoms with Crippen molar-refractivity contribution in [2.45, 2.75) is 13.5 Å². The van der Waals surface area contributed by atoms with E-state index >= 15 is 0 Å². The first-order valence-corrected chi connectivity index (χ1v) is 5.95. The van der Waals surface area contributed by atoms with E-state index in [0.717, 1.165) is 16.8 Å². The Hall–Kier alpha value is -1.87. The fraction of sp³-hybridized carbons (Fsp3) is 0.143. The number of phenolic OH excluding ortho intramolecular Hbond substituents is 2. The summed E-state index contributed by atoms with van der Waals surface area (Å²) in [5.41, 5.74) is 2.58. The minimum atomic E-state index is 0.100. The Kier molecular flexibility index (Phi) is 3.63. The Morgan fingerprint density at radius 3 is 2.67 bits per heavy atom. The van der Waals surface area contributed by atoms with Crippen LogP contribution in [0, 0.1) is 6.92 Å². The SMILES string of the molecule is Cc1cc(O)ccc1NCc1cccc(Cl)c1O. The second-order valence-electron chi connectivity index (χ2n) is 4.10. The molecule has 2 rings (SSSR count). The number of aromatic hydroxyl groups is 2. The van der Waals surface area contributed by atoms with Crippen LogP contribution in [0.3, 0.4) is 0 Å². The van der Waals surface area contributed by atoms with Crippen LogP contribution >= 0.6 is 11.6 Å². The molecule has 0 fully saturated rings.